The molecule has 0 unspecified atom stereocenters. The van der Waals surface area contributed by atoms with Gasteiger partial charge >= 0.3 is 0 Å². The average molecular weight is 491 g/mol. The van der Waals surface area contributed by atoms with Crippen LogP contribution in [0.15, 0.2) is 36.5 Å². The minimum absolute atomic E-state index is 0.273. The minimum Gasteiger partial charge on any atom is -0.354 e. The third-order valence-corrected chi connectivity index (χ3v) is 7.23. The predicted molar refractivity (Wildman–Crippen MR) is 147 cm³/mol. The van der Waals surface area contributed by atoms with Crippen molar-refractivity contribution in [3.8, 4) is 5.69 Å². The lowest BCUT2D eigenvalue weighted by atomic mass is 10.1. The quantitative estimate of drug-likeness (QED) is 0.303. The zero-order valence-electron chi connectivity index (χ0n) is 22.3. The molecule has 0 aliphatic carbocycles. The molecule has 0 bridgehead atoms. The SMILES string of the molecule is CCCCCCCC(=O)N1CCCN(c2nc([C@@H](C)CCC)nc3c2cnn3-c2ccccc2)CC1. The minimum atomic E-state index is 0.273. The number of carbonyl (C=O) groups excluding carboxylic acids is 1. The zero-order valence-corrected chi connectivity index (χ0v) is 22.3. The van der Waals surface area contributed by atoms with Crippen LogP contribution in [-0.2, 0) is 4.79 Å². The molecule has 1 saturated heterocycles. The number of aromatic nitrogens is 4. The van der Waals surface area contributed by atoms with E-state index in [4.69, 9.17) is 15.1 Å². The lowest BCUT2D eigenvalue weighted by molar-refractivity contribution is -0.131. The van der Waals surface area contributed by atoms with Crippen molar-refractivity contribution in [2.75, 3.05) is 31.1 Å². The summed E-state index contributed by atoms with van der Waals surface area (Å²) < 4.78 is 1.93. The number of unbranched alkanes of at least 4 members (excludes halogenated alkanes) is 4. The van der Waals surface area contributed by atoms with Crippen LogP contribution in [-0.4, -0.2) is 56.7 Å². The summed E-state index contributed by atoms with van der Waals surface area (Å²) in [5, 5.41) is 5.69. The molecule has 1 aliphatic rings. The van der Waals surface area contributed by atoms with E-state index >= 15 is 0 Å². The molecule has 0 radical (unpaired) electrons. The molecule has 1 aromatic carbocycles. The third kappa shape index (κ3) is 6.23. The molecule has 4 rings (SSSR count). The molecule has 0 spiro atoms. The second-order valence-corrected chi connectivity index (χ2v) is 10.1. The van der Waals surface area contributed by atoms with Crippen LogP contribution >= 0.6 is 0 Å². The van der Waals surface area contributed by atoms with Gasteiger partial charge in [-0.1, -0.05) is 71.1 Å². The molecule has 3 aromatic rings. The van der Waals surface area contributed by atoms with E-state index in [0.717, 1.165) is 86.6 Å². The molecule has 1 fully saturated rings. The molecule has 1 amide bonds. The van der Waals surface area contributed by atoms with Crippen LogP contribution in [0.1, 0.15) is 90.3 Å². The lowest BCUT2D eigenvalue weighted by Crippen LogP contribution is -2.35. The van der Waals surface area contributed by atoms with Crippen LogP contribution in [0, 0.1) is 0 Å². The van der Waals surface area contributed by atoms with Gasteiger partial charge in [-0.3, -0.25) is 4.79 Å². The first-order valence-electron chi connectivity index (χ1n) is 14.0. The van der Waals surface area contributed by atoms with Crippen molar-refractivity contribution >= 4 is 22.8 Å². The first-order chi connectivity index (χ1) is 17.6. The Bertz CT molecular complexity index is 1110. The van der Waals surface area contributed by atoms with E-state index in [1.807, 2.05) is 29.1 Å². The van der Waals surface area contributed by atoms with Gasteiger partial charge in [-0.05, 0) is 31.4 Å². The standard InChI is InChI=1S/C29H42N6O/c1-4-6-7-8-12-17-26(36)33-18-13-19-34(21-20-33)28-25-22-30-35(24-15-10-9-11-16-24)29(25)32-27(31-28)23(3)14-5-2/h9-11,15-16,22-23H,4-8,12-14,17-21H2,1-3H3/t23-/m0/s1. The first-order valence-corrected chi connectivity index (χ1v) is 14.0. The van der Waals surface area contributed by atoms with Gasteiger partial charge in [-0.25, -0.2) is 14.6 Å². The fraction of sp³-hybridized carbons (Fsp3) is 0.586. The number of carbonyl (C=O) groups is 1. The summed E-state index contributed by atoms with van der Waals surface area (Å²) in [4.78, 5) is 27.4. The maximum absolute atomic E-state index is 12.9. The van der Waals surface area contributed by atoms with Gasteiger partial charge in [-0.15, -0.1) is 0 Å². The number of hydrogen-bond acceptors (Lipinski definition) is 5. The van der Waals surface area contributed by atoms with Crippen LogP contribution in [0.4, 0.5) is 5.82 Å². The van der Waals surface area contributed by atoms with Crippen molar-refractivity contribution in [3.05, 3.63) is 42.4 Å². The molecule has 7 heteroatoms. The van der Waals surface area contributed by atoms with Gasteiger partial charge in [0.15, 0.2) is 5.65 Å². The van der Waals surface area contributed by atoms with E-state index in [-0.39, 0.29) is 5.92 Å². The van der Waals surface area contributed by atoms with Gasteiger partial charge in [0, 0.05) is 38.5 Å². The zero-order chi connectivity index (χ0) is 25.3. The van der Waals surface area contributed by atoms with Gasteiger partial charge in [-0.2, -0.15) is 5.10 Å². The molecule has 7 nitrogen and oxygen atoms in total. The van der Waals surface area contributed by atoms with Crippen molar-refractivity contribution in [2.24, 2.45) is 0 Å². The third-order valence-electron chi connectivity index (χ3n) is 7.23. The summed E-state index contributed by atoms with van der Waals surface area (Å²) in [6, 6.07) is 10.2. The Labute approximate surface area is 215 Å². The van der Waals surface area contributed by atoms with E-state index in [1.54, 1.807) is 0 Å². The molecular formula is C29H42N6O. The molecule has 1 atom stereocenters. The lowest BCUT2D eigenvalue weighted by Gasteiger charge is -2.24. The van der Waals surface area contributed by atoms with Crippen LogP contribution < -0.4 is 4.90 Å². The van der Waals surface area contributed by atoms with Crippen LogP contribution in [0.2, 0.25) is 0 Å². The number of hydrogen-bond donors (Lipinski definition) is 0. The van der Waals surface area contributed by atoms with E-state index in [9.17, 15) is 4.79 Å². The predicted octanol–water partition coefficient (Wildman–Crippen LogP) is 6.12. The highest BCUT2D eigenvalue weighted by Crippen LogP contribution is 2.29. The Kier molecular flexibility index (Phi) is 9.31. The summed E-state index contributed by atoms with van der Waals surface area (Å²) in [6.45, 7) is 9.86. The smallest absolute Gasteiger partial charge is 0.222 e. The molecule has 194 valence electrons. The second kappa shape index (κ2) is 12.8. The number of fused-ring (bicyclic) bond motifs is 1. The molecule has 36 heavy (non-hydrogen) atoms. The fourth-order valence-corrected chi connectivity index (χ4v) is 5.11. The van der Waals surface area contributed by atoms with Crippen molar-refractivity contribution in [1.29, 1.82) is 0 Å². The summed E-state index contributed by atoms with van der Waals surface area (Å²) in [5.41, 5.74) is 1.85. The molecular weight excluding hydrogens is 448 g/mol. The Morgan fingerprint density at radius 2 is 1.75 bits per heavy atom. The van der Waals surface area contributed by atoms with Gasteiger partial charge in [0.2, 0.25) is 5.91 Å². The fourth-order valence-electron chi connectivity index (χ4n) is 5.11. The van der Waals surface area contributed by atoms with Crippen molar-refractivity contribution in [3.63, 3.8) is 0 Å². The maximum Gasteiger partial charge on any atom is 0.222 e. The molecule has 1 aliphatic heterocycles. The van der Waals surface area contributed by atoms with Crippen LogP contribution in [0.25, 0.3) is 16.7 Å². The van der Waals surface area contributed by atoms with Gasteiger partial charge in [0.25, 0.3) is 0 Å². The molecule has 0 N–H and O–H groups in total. The summed E-state index contributed by atoms with van der Waals surface area (Å²) >= 11 is 0. The van der Waals surface area contributed by atoms with E-state index in [1.165, 1.54) is 19.3 Å². The Morgan fingerprint density at radius 1 is 0.944 bits per heavy atom. The normalized spacial score (nSPS) is 15.3. The van der Waals surface area contributed by atoms with Crippen LogP contribution in [0.5, 0.6) is 0 Å². The van der Waals surface area contributed by atoms with E-state index in [0.29, 0.717) is 12.3 Å². The summed E-state index contributed by atoms with van der Waals surface area (Å²) in [6.07, 6.45) is 11.5. The average Bonchev–Trinajstić information content (AvgIpc) is 3.17. The Hall–Kier alpha value is -2.96. The first kappa shape index (κ1) is 26.1. The van der Waals surface area contributed by atoms with Crippen molar-refractivity contribution < 1.29 is 4.79 Å². The summed E-state index contributed by atoms with van der Waals surface area (Å²) in [7, 11) is 0. The highest BCUT2D eigenvalue weighted by Gasteiger charge is 2.24. The van der Waals surface area contributed by atoms with Crippen molar-refractivity contribution in [1.82, 2.24) is 24.6 Å². The summed E-state index contributed by atoms with van der Waals surface area (Å²) in [5.74, 6) is 2.40. The van der Waals surface area contributed by atoms with E-state index < -0.39 is 0 Å². The highest BCUT2D eigenvalue weighted by molar-refractivity contribution is 5.88. The molecule has 3 heterocycles. The Balaban J connectivity index is 1.56. The Morgan fingerprint density at radius 3 is 2.53 bits per heavy atom. The number of rotatable bonds is 11. The van der Waals surface area contributed by atoms with Gasteiger partial charge in [0.1, 0.15) is 11.6 Å². The number of anilines is 1. The second-order valence-electron chi connectivity index (χ2n) is 10.1. The number of nitrogens with zero attached hydrogens (tertiary/aromatic N) is 6. The molecule has 2 aromatic heterocycles. The highest BCUT2D eigenvalue weighted by atomic mass is 16.2. The topological polar surface area (TPSA) is 67.2 Å². The monoisotopic (exact) mass is 490 g/mol. The van der Waals surface area contributed by atoms with Crippen molar-refractivity contribution in [2.45, 2.75) is 84.5 Å². The maximum atomic E-state index is 12.9. The molecule has 0 saturated carbocycles. The number of amides is 1. The van der Waals surface area contributed by atoms with Gasteiger partial charge in [0.05, 0.1) is 17.3 Å². The largest absolute Gasteiger partial charge is 0.354 e. The van der Waals surface area contributed by atoms with Gasteiger partial charge < -0.3 is 9.80 Å². The van der Waals surface area contributed by atoms with E-state index in [2.05, 4.69) is 42.7 Å². The number of para-hydroxylation sites is 1. The number of benzene rings is 1. The van der Waals surface area contributed by atoms with Crippen LogP contribution in [0.3, 0.4) is 0 Å².